The van der Waals surface area contributed by atoms with Gasteiger partial charge in [-0.25, -0.2) is 8.78 Å². The molecule has 13 heteroatoms. The van der Waals surface area contributed by atoms with Crippen molar-refractivity contribution in [2.45, 2.75) is 55.3 Å². The van der Waals surface area contributed by atoms with Crippen molar-refractivity contribution in [3.8, 4) is 23.0 Å². The molecule has 4 saturated heterocycles. The molecular formula is C33H35ClF2N6O4. The SMILES string of the molecule is C=CC(=O)N1CCN(c2nc(OC[C@@]34CCCN3C[C@H](F)C4)nc3c(F)c(-c4cc(O)cc(Cl)c4C4CC4)ncc23)CC12COC2. The van der Waals surface area contributed by atoms with Crippen LogP contribution in [0.2, 0.25) is 5.02 Å². The highest BCUT2D eigenvalue weighted by molar-refractivity contribution is 6.32. The van der Waals surface area contributed by atoms with E-state index in [9.17, 15) is 14.3 Å². The third-order valence-electron chi connectivity index (χ3n) is 10.4. The Morgan fingerprint density at radius 2 is 2.07 bits per heavy atom. The van der Waals surface area contributed by atoms with Crippen molar-refractivity contribution in [3.63, 3.8) is 0 Å². The number of anilines is 1. The number of piperazine rings is 1. The lowest BCUT2D eigenvalue weighted by Gasteiger charge is -2.55. The quantitative estimate of drug-likeness (QED) is 0.366. The first-order chi connectivity index (χ1) is 22.2. The normalized spacial score (nSPS) is 25.6. The van der Waals surface area contributed by atoms with Gasteiger partial charge in [0.05, 0.1) is 24.1 Å². The van der Waals surface area contributed by atoms with E-state index in [4.69, 9.17) is 26.1 Å². The molecule has 10 nitrogen and oxygen atoms in total. The Balaban J connectivity index is 1.22. The third kappa shape index (κ3) is 4.79. The van der Waals surface area contributed by atoms with Crippen LogP contribution in [-0.4, -0.2) is 106 Å². The van der Waals surface area contributed by atoms with Gasteiger partial charge in [-0.1, -0.05) is 18.2 Å². The van der Waals surface area contributed by atoms with Crippen molar-refractivity contribution in [3.05, 3.63) is 47.4 Å². The molecule has 6 heterocycles. The van der Waals surface area contributed by atoms with Gasteiger partial charge in [0.2, 0.25) is 5.91 Å². The van der Waals surface area contributed by atoms with Crippen LogP contribution in [0.5, 0.6) is 11.8 Å². The molecular weight excluding hydrogens is 618 g/mol. The average Bonchev–Trinajstić information content (AvgIpc) is 3.71. The summed E-state index contributed by atoms with van der Waals surface area (Å²) in [7, 11) is 0. The van der Waals surface area contributed by atoms with E-state index in [1.54, 1.807) is 11.1 Å². The summed E-state index contributed by atoms with van der Waals surface area (Å²) < 4.78 is 43.1. The number of hydrogen-bond acceptors (Lipinski definition) is 9. The number of ether oxygens (including phenoxy) is 2. The molecule has 5 aliphatic rings. The van der Waals surface area contributed by atoms with Crippen LogP contribution in [0.1, 0.15) is 43.6 Å². The molecule has 4 aliphatic heterocycles. The number of amides is 1. The molecule has 1 aliphatic carbocycles. The number of alkyl halides is 1. The van der Waals surface area contributed by atoms with Crippen LogP contribution >= 0.6 is 11.6 Å². The molecule has 8 rings (SSSR count). The molecule has 242 valence electrons. The highest BCUT2D eigenvalue weighted by Crippen LogP contribution is 2.49. The number of nitrogens with zero attached hydrogens (tertiary/aromatic N) is 6. The number of benzene rings is 1. The van der Waals surface area contributed by atoms with Gasteiger partial charge < -0.3 is 24.4 Å². The number of pyridine rings is 1. The van der Waals surface area contributed by atoms with Gasteiger partial charge in [0.25, 0.3) is 0 Å². The highest BCUT2D eigenvalue weighted by Gasteiger charge is 2.51. The summed E-state index contributed by atoms with van der Waals surface area (Å²) in [5, 5.41) is 11.2. The molecule has 1 amide bonds. The standard InChI is InChI=1S/C33H35ClF2N6O4/c1-2-25(44)42-9-8-40(15-33(42)16-45-17-33)30-23-13-37-28(22-10-21(43)11-24(34)26(22)19-4-5-19)27(36)29(23)38-31(39-30)46-18-32-6-3-7-41(32)14-20(35)12-32/h2,10-11,13,19-20,43H,1,3-9,12,14-18H2/t20-,32+/m1/s1. The summed E-state index contributed by atoms with van der Waals surface area (Å²) in [4.78, 5) is 32.6. The van der Waals surface area contributed by atoms with Crippen molar-refractivity contribution in [2.24, 2.45) is 0 Å². The number of carbonyl (C=O) groups excluding carboxylic acids is 1. The number of halogens is 3. The Morgan fingerprint density at radius 1 is 1.24 bits per heavy atom. The summed E-state index contributed by atoms with van der Waals surface area (Å²) in [6, 6.07) is 2.95. The fourth-order valence-corrected chi connectivity index (χ4v) is 8.31. The molecule has 0 bridgehead atoms. The van der Waals surface area contributed by atoms with E-state index < -0.39 is 23.1 Å². The van der Waals surface area contributed by atoms with E-state index in [0.717, 1.165) is 37.8 Å². The lowest BCUT2D eigenvalue weighted by molar-refractivity contribution is -0.164. The van der Waals surface area contributed by atoms with Crippen molar-refractivity contribution < 1.29 is 28.2 Å². The zero-order valence-corrected chi connectivity index (χ0v) is 26.1. The molecule has 2 aromatic heterocycles. The number of carbonyl (C=O) groups is 1. The first-order valence-corrected chi connectivity index (χ1v) is 16.3. The van der Waals surface area contributed by atoms with Crippen molar-refractivity contribution in [1.29, 1.82) is 0 Å². The lowest BCUT2D eigenvalue weighted by Crippen LogP contribution is -2.72. The van der Waals surface area contributed by atoms with Gasteiger partial charge in [0.15, 0.2) is 5.82 Å². The molecule has 0 unspecified atom stereocenters. The topological polar surface area (TPSA) is 104 Å². The molecule has 3 aromatic rings. The van der Waals surface area contributed by atoms with E-state index in [2.05, 4.69) is 21.4 Å². The van der Waals surface area contributed by atoms with E-state index in [1.807, 2.05) is 4.90 Å². The fourth-order valence-electron chi connectivity index (χ4n) is 7.95. The number of aromatic hydroxyl groups is 1. The Labute approximate surface area is 270 Å². The zero-order valence-electron chi connectivity index (χ0n) is 25.4. The number of hydrogen-bond donors (Lipinski definition) is 1. The Bertz CT molecular complexity index is 1750. The number of aromatic nitrogens is 3. The Hall–Kier alpha value is -3.61. The number of rotatable bonds is 7. The van der Waals surface area contributed by atoms with Gasteiger partial charge in [-0.2, -0.15) is 9.97 Å². The van der Waals surface area contributed by atoms with E-state index in [-0.39, 0.29) is 41.4 Å². The summed E-state index contributed by atoms with van der Waals surface area (Å²) in [6.07, 6.45) is 5.91. The number of fused-ring (bicyclic) bond motifs is 2. The van der Waals surface area contributed by atoms with Crippen LogP contribution in [0.4, 0.5) is 14.6 Å². The van der Waals surface area contributed by atoms with Gasteiger partial charge >= 0.3 is 6.01 Å². The molecule has 0 radical (unpaired) electrons. The molecule has 1 aromatic carbocycles. The Kier molecular flexibility index (Phi) is 7.11. The maximum atomic E-state index is 16.8. The van der Waals surface area contributed by atoms with Gasteiger partial charge in [0, 0.05) is 49.4 Å². The van der Waals surface area contributed by atoms with E-state index >= 15 is 4.39 Å². The molecule has 1 N–H and O–H groups in total. The molecule has 1 spiro atoms. The second kappa shape index (κ2) is 11.0. The van der Waals surface area contributed by atoms with Crippen molar-refractivity contribution in [2.75, 3.05) is 57.4 Å². The molecule has 5 fully saturated rings. The van der Waals surface area contributed by atoms with E-state index in [1.165, 1.54) is 18.2 Å². The monoisotopic (exact) mass is 652 g/mol. The first-order valence-electron chi connectivity index (χ1n) is 15.9. The minimum Gasteiger partial charge on any atom is -0.508 e. The van der Waals surface area contributed by atoms with Crippen LogP contribution in [-0.2, 0) is 9.53 Å². The average molecular weight is 653 g/mol. The first kappa shape index (κ1) is 29.8. The summed E-state index contributed by atoms with van der Waals surface area (Å²) in [5.74, 6) is -0.337. The van der Waals surface area contributed by atoms with Crippen LogP contribution in [0.15, 0.2) is 31.0 Å². The highest BCUT2D eigenvalue weighted by atomic mass is 35.5. The van der Waals surface area contributed by atoms with E-state index in [0.29, 0.717) is 67.6 Å². The maximum Gasteiger partial charge on any atom is 0.319 e. The minimum atomic E-state index is -0.923. The minimum absolute atomic E-state index is 0.0121. The van der Waals surface area contributed by atoms with Gasteiger partial charge in [-0.3, -0.25) is 14.7 Å². The van der Waals surface area contributed by atoms with Gasteiger partial charge in [0.1, 0.15) is 41.1 Å². The fraction of sp³-hybridized carbons (Fsp3) is 0.515. The molecule has 1 saturated carbocycles. The van der Waals surface area contributed by atoms with Crippen LogP contribution in [0, 0.1) is 5.82 Å². The zero-order chi connectivity index (χ0) is 31.8. The Morgan fingerprint density at radius 3 is 2.80 bits per heavy atom. The largest absolute Gasteiger partial charge is 0.508 e. The second-order valence-corrected chi connectivity index (χ2v) is 13.8. The van der Waals surface area contributed by atoms with Gasteiger partial charge in [-0.05, 0) is 61.9 Å². The molecule has 2 atom stereocenters. The third-order valence-corrected chi connectivity index (χ3v) is 10.7. The van der Waals surface area contributed by atoms with Crippen molar-refractivity contribution in [1.82, 2.24) is 24.8 Å². The van der Waals surface area contributed by atoms with Crippen molar-refractivity contribution >= 4 is 34.2 Å². The van der Waals surface area contributed by atoms with Gasteiger partial charge in [-0.15, -0.1) is 0 Å². The summed E-state index contributed by atoms with van der Waals surface area (Å²) in [5.41, 5.74) is 0.218. The summed E-state index contributed by atoms with van der Waals surface area (Å²) >= 11 is 6.55. The van der Waals surface area contributed by atoms with Crippen LogP contribution < -0.4 is 9.64 Å². The second-order valence-electron chi connectivity index (χ2n) is 13.4. The molecule has 46 heavy (non-hydrogen) atoms. The maximum absolute atomic E-state index is 16.8. The summed E-state index contributed by atoms with van der Waals surface area (Å²) in [6.45, 7) is 6.97. The lowest BCUT2D eigenvalue weighted by atomic mass is 9.91. The van der Waals surface area contributed by atoms with Crippen LogP contribution in [0.3, 0.4) is 0 Å². The predicted molar refractivity (Wildman–Crippen MR) is 168 cm³/mol. The number of phenolic OH excluding ortho intramolecular Hbond substituents is 1. The smallest absolute Gasteiger partial charge is 0.319 e. The predicted octanol–water partition coefficient (Wildman–Crippen LogP) is 4.63. The number of phenols is 1. The van der Waals surface area contributed by atoms with Crippen LogP contribution in [0.25, 0.3) is 22.2 Å².